The van der Waals surface area contributed by atoms with Crippen LogP contribution in [0.4, 0.5) is 5.69 Å². The Bertz CT molecular complexity index is 339. The van der Waals surface area contributed by atoms with Gasteiger partial charge in [0.15, 0.2) is 0 Å². The van der Waals surface area contributed by atoms with Crippen molar-refractivity contribution in [1.82, 2.24) is 4.90 Å². The summed E-state index contributed by atoms with van der Waals surface area (Å²) in [7, 11) is 4.03. The first-order valence-corrected chi connectivity index (χ1v) is 5.76. The van der Waals surface area contributed by atoms with Crippen LogP contribution >= 0.6 is 0 Å². The molecular formula is C13H20N2O2. The minimum atomic E-state index is -0.754. The van der Waals surface area contributed by atoms with Gasteiger partial charge in [0, 0.05) is 25.3 Å². The van der Waals surface area contributed by atoms with E-state index in [0.717, 1.165) is 18.8 Å². The van der Waals surface area contributed by atoms with Crippen LogP contribution in [-0.2, 0) is 4.79 Å². The number of anilines is 1. The second kappa shape index (κ2) is 6.91. The third-order valence-electron chi connectivity index (χ3n) is 2.53. The number of hydrogen-bond donors (Lipinski definition) is 1. The molecule has 0 amide bonds. The van der Waals surface area contributed by atoms with Gasteiger partial charge in [-0.3, -0.25) is 4.79 Å². The highest BCUT2D eigenvalue weighted by molar-refractivity contribution is 5.67. The predicted octanol–water partition coefficient (Wildman–Crippen LogP) is 1.53. The number of carboxylic acids is 1. The van der Waals surface area contributed by atoms with E-state index in [-0.39, 0.29) is 6.42 Å². The van der Waals surface area contributed by atoms with Gasteiger partial charge >= 0.3 is 5.97 Å². The van der Waals surface area contributed by atoms with Crippen molar-refractivity contribution in [1.29, 1.82) is 0 Å². The van der Waals surface area contributed by atoms with E-state index in [4.69, 9.17) is 5.11 Å². The van der Waals surface area contributed by atoms with Gasteiger partial charge in [-0.2, -0.15) is 0 Å². The van der Waals surface area contributed by atoms with Gasteiger partial charge in [0.1, 0.15) is 0 Å². The number of hydrogen-bond acceptors (Lipinski definition) is 3. The van der Waals surface area contributed by atoms with Crippen molar-refractivity contribution in [3.8, 4) is 0 Å². The molecular weight excluding hydrogens is 216 g/mol. The van der Waals surface area contributed by atoms with E-state index in [1.54, 1.807) is 0 Å². The average molecular weight is 236 g/mol. The Morgan fingerprint density at radius 1 is 1.12 bits per heavy atom. The second-order valence-corrected chi connectivity index (χ2v) is 4.27. The maximum atomic E-state index is 10.6. The lowest BCUT2D eigenvalue weighted by Gasteiger charge is -2.25. The number of carboxylic acid groups (broad SMARTS) is 1. The minimum absolute atomic E-state index is 0.169. The molecule has 0 aliphatic carbocycles. The summed E-state index contributed by atoms with van der Waals surface area (Å²) in [4.78, 5) is 14.8. The van der Waals surface area contributed by atoms with Gasteiger partial charge in [-0.15, -0.1) is 0 Å². The summed E-state index contributed by atoms with van der Waals surface area (Å²) in [6.45, 7) is 2.30. The van der Waals surface area contributed by atoms with Gasteiger partial charge in [-0.1, -0.05) is 18.2 Å². The molecule has 1 N–H and O–H groups in total. The Kier molecular flexibility index (Phi) is 5.49. The Morgan fingerprint density at radius 2 is 1.76 bits per heavy atom. The van der Waals surface area contributed by atoms with Crippen LogP contribution in [0.5, 0.6) is 0 Å². The molecule has 0 saturated carbocycles. The van der Waals surface area contributed by atoms with Crippen molar-refractivity contribution in [2.45, 2.75) is 6.42 Å². The third-order valence-corrected chi connectivity index (χ3v) is 2.53. The lowest BCUT2D eigenvalue weighted by molar-refractivity contribution is -0.136. The predicted molar refractivity (Wildman–Crippen MR) is 69.5 cm³/mol. The Morgan fingerprint density at radius 3 is 2.29 bits per heavy atom. The third kappa shape index (κ3) is 5.36. The molecule has 1 aromatic carbocycles. The molecule has 0 unspecified atom stereocenters. The lowest BCUT2D eigenvalue weighted by Crippen LogP contribution is -2.33. The van der Waals surface area contributed by atoms with Crippen LogP contribution in [0, 0.1) is 0 Å². The molecule has 4 nitrogen and oxygen atoms in total. The van der Waals surface area contributed by atoms with Crippen molar-refractivity contribution in [2.75, 3.05) is 38.6 Å². The van der Waals surface area contributed by atoms with Crippen molar-refractivity contribution in [3.05, 3.63) is 30.3 Å². The summed E-state index contributed by atoms with van der Waals surface area (Å²) in [5.74, 6) is -0.754. The number of nitrogens with zero attached hydrogens (tertiary/aromatic N) is 2. The Balaban J connectivity index is 2.61. The molecule has 1 rings (SSSR count). The first-order valence-electron chi connectivity index (χ1n) is 5.76. The van der Waals surface area contributed by atoms with Crippen LogP contribution in [0.3, 0.4) is 0 Å². The molecule has 0 heterocycles. The average Bonchev–Trinajstić information content (AvgIpc) is 2.29. The highest BCUT2D eigenvalue weighted by atomic mass is 16.4. The number of benzene rings is 1. The van der Waals surface area contributed by atoms with Crippen LogP contribution in [0.2, 0.25) is 0 Å². The van der Waals surface area contributed by atoms with E-state index >= 15 is 0 Å². The lowest BCUT2D eigenvalue weighted by atomic mass is 10.2. The van der Waals surface area contributed by atoms with Gasteiger partial charge in [-0.05, 0) is 26.2 Å². The van der Waals surface area contributed by atoms with Crippen LogP contribution in [0.15, 0.2) is 30.3 Å². The number of para-hydroxylation sites is 1. The molecule has 0 radical (unpaired) electrons. The number of carbonyl (C=O) groups is 1. The molecule has 0 fully saturated rings. The quantitative estimate of drug-likeness (QED) is 0.779. The first-order chi connectivity index (χ1) is 8.09. The second-order valence-electron chi connectivity index (χ2n) is 4.27. The molecule has 0 aliphatic rings. The van der Waals surface area contributed by atoms with Crippen LogP contribution < -0.4 is 4.90 Å². The summed E-state index contributed by atoms with van der Waals surface area (Å²) in [5.41, 5.74) is 1.08. The smallest absolute Gasteiger partial charge is 0.305 e. The summed E-state index contributed by atoms with van der Waals surface area (Å²) in [6.07, 6.45) is 0.169. The molecule has 0 saturated heterocycles. The first kappa shape index (κ1) is 13.5. The summed E-state index contributed by atoms with van der Waals surface area (Å²) in [5, 5.41) is 8.75. The normalized spacial score (nSPS) is 10.5. The number of likely N-dealkylation sites (N-methyl/N-ethyl adjacent to an activating group) is 1. The molecule has 4 heteroatoms. The number of aliphatic carboxylic acids is 1. The van der Waals surface area contributed by atoms with Crippen LogP contribution in [0.1, 0.15) is 6.42 Å². The van der Waals surface area contributed by atoms with Gasteiger partial charge in [0.05, 0.1) is 6.42 Å². The highest BCUT2D eigenvalue weighted by Crippen LogP contribution is 2.13. The van der Waals surface area contributed by atoms with E-state index in [0.29, 0.717) is 6.54 Å². The van der Waals surface area contributed by atoms with E-state index < -0.39 is 5.97 Å². The van der Waals surface area contributed by atoms with E-state index in [9.17, 15) is 4.79 Å². The van der Waals surface area contributed by atoms with Gasteiger partial charge < -0.3 is 14.9 Å². The molecule has 0 bridgehead atoms. The zero-order valence-electron chi connectivity index (χ0n) is 10.5. The van der Waals surface area contributed by atoms with Crippen molar-refractivity contribution < 1.29 is 9.90 Å². The maximum Gasteiger partial charge on any atom is 0.305 e. The summed E-state index contributed by atoms with van der Waals surface area (Å²) < 4.78 is 0. The highest BCUT2D eigenvalue weighted by Gasteiger charge is 2.08. The molecule has 0 aliphatic heterocycles. The topological polar surface area (TPSA) is 43.8 Å². The van der Waals surface area contributed by atoms with E-state index in [1.165, 1.54) is 0 Å². The number of rotatable bonds is 7. The zero-order valence-corrected chi connectivity index (χ0v) is 10.5. The fraction of sp³-hybridized carbons (Fsp3) is 0.462. The fourth-order valence-corrected chi connectivity index (χ4v) is 1.56. The molecule has 0 atom stereocenters. The Hall–Kier alpha value is -1.55. The molecule has 17 heavy (non-hydrogen) atoms. The monoisotopic (exact) mass is 236 g/mol. The van der Waals surface area contributed by atoms with Gasteiger partial charge in [0.25, 0.3) is 0 Å². The summed E-state index contributed by atoms with van der Waals surface area (Å²) in [6, 6.07) is 9.93. The van der Waals surface area contributed by atoms with Crippen molar-refractivity contribution >= 4 is 11.7 Å². The van der Waals surface area contributed by atoms with E-state index in [1.807, 2.05) is 44.4 Å². The maximum absolute atomic E-state index is 10.6. The minimum Gasteiger partial charge on any atom is -0.481 e. The standard InChI is InChI=1S/C13H20N2O2/c1-14(2)10-11-15(9-8-13(16)17)12-6-4-3-5-7-12/h3-7H,8-11H2,1-2H3,(H,16,17). The molecule has 1 aromatic rings. The van der Waals surface area contributed by atoms with Crippen molar-refractivity contribution in [3.63, 3.8) is 0 Å². The Labute approximate surface area is 102 Å². The summed E-state index contributed by atoms with van der Waals surface area (Å²) >= 11 is 0. The molecule has 0 aromatic heterocycles. The van der Waals surface area contributed by atoms with E-state index in [2.05, 4.69) is 9.80 Å². The molecule has 0 spiro atoms. The zero-order chi connectivity index (χ0) is 12.7. The largest absolute Gasteiger partial charge is 0.481 e. The SMILES string of the molecule is CN(C)CCN(CCC(=O)O)c1ccccc1. The molecule has 94 valence electrons. The van der Waals surface area contributed by atoms with Gasteiger partial charge in [-0.25, -0.2) is 0 Å². The van der Waals surface area contributed by atoms with Crippen molar-refractivity contribution in [2.24, 2.45) is 0 Å². The fourth-order valence-electron chi connectivity index (χ4n) is 1.56. The van der Waals surface area contributed by atoms with Crippen LogP contribution in [0.25, 0.3) is 0 Å². The van der Waals surface area contributed by atoms with Crippen LogP contribution in [-0.4, -0.2) is 49.7 Å². The van der Waals surface area contributed by atoms with Gasteiger partial charge in [0.2, 0.25) is 0 Å².